The van der Waals surface area contributed by atoms with E-state index >= 15 is 0 Å². The van der Waals surface area contributed by atoms with E-state index in [4.69, 9.17) is 9.47 Å². The smallest absolute Gasteiger partial charge is 0.263 e. The van der Waals surface area contributed by atoms with Gasteiger partial charge in [-0.25, -0.2) is 13.7 Å². The van der Waals surface area contributed by atoms with Crippen LogP contribution in [0, 0.1) is 11.6 Å². The minimum absolute atomic E-state index is 0.232. The van der Waals surface area contributed by atoms with Crippen molar-refractivity contribution in [2.75, 3.05) is 31.0 Å². The van der Waals surface area contributed by atoms with Crippen molar-refractivity contribution in [2.45, 2.75) is 12.1 Å². The van der Waals surface area contributed by atoms with Crippen molar-refractivity contribution in [3.8, 4) is 11.5 Å². The van der Waals surface area contributed by atoms with Crippen LogP contribution in [0.15, 0.2) is 46.7 Å². The summed E-state index contributed by atoms with van der Waals surface area (Å²) in [5.74, 6) is -2.96. The Hall–Kier alpha value is -4.09. The maximum Gasteiger partial charge on any atom is 0.263 e. The Morgan fingerprint density at radius 1 is 1.06 bits per heavy atom. The molecule has 2 aliphatic rings. The molecule has 0 aromatic heterocycles. The number of amides is 3. The highest BCUT2D eigenvalue weighted by Gasteiger charge is 2.55. The molecule has 0 aliphatic carbocycles. The molecule has 10 nitrogen and oxygen atoms in total. The van der Waals surface area contributed by atoms with Crippen molar-refractivity contribution >= 4 is 29.1 Å². The van der Waals surface area contributed by atoms with Crippen LogP contribution >= 0.6 is 0 Å². The predicted octanol–water partition coefficient (Wildman–Crippen LogP) is 1.91. The number of carbonyl (C=O) groups excluding carboxylic acids is 3. The molecular formula is C20H17F2N5O5. The standard InChI is InChI=1S/C20H17F2N5O5/c1-31-14-6-4-11(8-15(14)32-2)27-19(29)17-18(20(27)30)26(25-24-17)9-16(28)23-13-5-3-10(21)7-12(13)22/h3-8,17-18H,9H2,1-2H3,(H,23,28)/t17-,18-/m0/s1. The molecule has 0 bridgehead atoms. The Balaban J connectivity index is 1.51. The first kappa shape index (κ1) is 21.2. The lowest BCUT2D eigenvalue weighted by atomic mass is 10.1. The summed E-state index contributed by atoms with van der Waals surface area (Å²) in [7, 11) is 2.87. The molecule has 2 aromatic carbocycles. The molecule has 2 aromatic rings. The van der Waals surface area contributed by atoms with Gasteiger partial charge in [-0.3, -0.25) is 19.4 Å². The summed E-state index contributed by atoms with van der Waals surface area (Å²) in [4.78, 5) is 39.1. The monoisotopic (exact) mass is 445 g/mol. The molecule has 0 spiro atoms. The van der Waals surface area contributed by atoms with Gasteiger partial charge < -0.3 is 14.8 Å². The second-order valence-corrected chi connectivity index (χ2v) is 6.92. The van der Waals surface area contributed by atoms with Crippen LogP contribution in [0.25, 0.3) is 0 Å². The maximum absolute atomic E-state index is 13.8. The predicted molar refractivity (Wildman–Crippen MR) is 106 cm³/mol. The number of hydrogen-bond acceptors (Lipinski definition) is 8. The van der Waals surface area contributed by atoms with Crippen LogP contribution in [-0.2, 0) is 14.4 Å². The SMILES string of the molecule is COc1ccc(N2C(=O)[C@H]3N=NN(CC(=O)Nc4ccc(F)cc4F)[C@@H]3C2=O)cc1OC. The summed E-state index contributed by atoms with van der Waals surface area (Å²) in [6.45, 7) is -0.472. The fourth-order valence-electron chi connectivity index (χ4n) is 3.50. The number of ether oxygens (including phenoxy) is 2. The summed E-state index contributed by atoms with van der Waals surface area (Å²) in [6, 6.07) is 4.98. The van der Waals surface area contributed by atoms with E-state index in [-0.39, 0.29) is 11.4 Å². The van der Waals surface area contributed by atoms with Gasteiger partial charge in [-0.1, -0.05) is 5.22 Å². The summed E-state index contributed by atoms with van der Waals surface area (Å²) in [5, 5.41) is 10.9. The van der Waals surface area contributed by atoms with Gasteiger partial charge in [0.25, 0.3) is 11.8 Å². The zero-order chi connectivity index (χ0) is 23.0. The Morgan fingerprint density at radius 2 is 1.81 bits per heavy atom. The van der Waals surface area contributed by atoms with Gasteiger partial charge in [-0.05, 0) is 24.3 Å². The maximum atomic E-state index is 13.8. The molecule has 166 valence electrons. The lowest BCUT2D eigenvalue weighted by Crippen LogP contribution is -2.43. The third kappa shape index (κ3) is 3.59. The summed E-state index contributed by atoms with van der Waals surface area (Å²) < 4.78 is 37.2. The van der Waals surface area contributed by atoms with Crippen molar-refractivity contribution in [3.63, 3.8) is 0 Å². The Morgan fingerprint density at radius 3 is 2.50 bits per heavy atom. The zero-order valence-electron chi connectivity index (χ0n) is 16.9. The van der Waals surface area contributed by atoms with E-state index in [0.717, 1.165) is 22.0 Å². The highest BCUT2D eigenvalue weighted by atomic mass is 19.1. The number of halogens is 2. The molecule has 2 heterocycles. The van der Waals surface area contributed by atoms with Gasteiger partial charge in [0, 0.05) is 12.1 Å². The second kappa shape index (κ2) is 8.21. The van der Waals surface area contributed by atoms with Gasteiger partial charge in [0.15, 0.2) is 23.6 Å². The largest absolute Gasteiger partial charge is 0.493 e. The Kier molecular flexibility index (Phi) is 5.43. The summed E-state index contributed by atoms with van der Waals surface area (Å²) >= 11 is 0. The van der Waals surface area contributed by atoms with Gasteiger partial charge >= 0.3 is 0 Å². The molecule has 0 saturated carbocycles. The number of nitrogens with zero attached hydrogens (tertiary/aromatic N) is 4. The molecule has 12 heteroatoms. The highest BCUT2D eigenvalue weighted by Crippen LogP contribution is 2.36. The topological polar surface area (TPSA) is 113 Å². The van der Waals surface area contributed by atoms with Gasteiger partial charge in [-0.2, -0.15) is 5.11 Å². The fourth-order valence-corrected chi connectivity index (χ4v) is 3.50. The minimum atomic E-state index is -1.13. The van der Waals surface area contributed by atoms with Crippen LogP contribution in [0.5, 0.6) is 11.5 Å². The second-order valence-electron chi connectivity index (χ2n) is 6.92. The lowest BCUT2D eigenvalue weighted by molar-refractivity contribution is -0.123. The Bertz CT molecular complexity index is 1140. The average molecular weight is 445 g/mol. The number of carbonyl (C=O) groups is 3. The molecule has 2 atom stereocenters. The number of anilines is 2. The molecule has 1 N–H and O–H groups in total. The molecule has 3 amide bonds. The van der Waals surface area contributed by atoms with Crippen LogP contribution in [0.4, 0.5) is 20.2 Å². The van der Waals surface area contributed by atoms with E-state index in [1.807, 2.05) is 0 Å². The van der Waals surface area contributed by atoms with E-state index < -0.39 is 48.0 Å². The molecule has 32 heavy (non-hydrogen) atoms. The quantitative estimate of drug-likeness (QED) is 0.680. The molecule has 1 fully saturated rings. The number of benzene rings is 2. The minimum Gasteiger partial charge on any atom is -0.493 e. The van der Waals surface area contributed by atoms with Crippen LogP contribution in [0.2, 0.25) is 0 Å². The fraction of sp³-hybridized carbons (Fsp3) is 0.250. The Labute approximate surface area is 180 Å². The average Bonchev–Trinajstić information content (AvgIpc) is 3.29. The molecule has 1 saturated heterocycles. The van der Waals surface area contributed by atoms with Gasteiger partial charge in [-0.15, -0.1) is 0 Å². The number of rotatable bonds is 6. The van der Waals surface area contributed by atoms with E-state index in [1.165, 1.54) is 26.4 Å². The third-order valence-electron chi connectivity index (χ3n) is 4.99. The molecule has 0 radical (unpaired) electrons. The normalized spacial score (nSPS) is 19.4. The van der Waals surface area contributed by atoms with Gasteiger partial charge in [0.05, 0.1) is 25.6 Å². The van der Waals surface area contributed by atoms with Crippen molar-refractivity contribution < 1.29 is 32.6 Å². The van der Waals surface area contributed by atoms with Crippen molar-refractivity contribution in [3.05, 3.63) is 48.0 Å². The number of hydrogen-bond donors (Lipinski definition) is 1. The van der Waals surface area contributed by atoms with Crippen molar-refractivity contribution in [2.24, 2.45) is 10.3 Å². The number of methoxy groups -OCH3 is 2. The first-order valence-electron chi connectivity index (χ1n) is 9.36. The summed E-state index contributed by atoms with van der Waals surface area (Å²) in [6.07, 6.45) is 0. The first-order valence-corrected chi connectivity index (χ1v) is 9.36. The van der Waals surface area contributed by atoms with E-state index in [0.29, 0.717) is 17.6 Å². The number of fused-ring (bicyclic) bond motifs is 1. The summed E-state index contributed by atoms with van der Waals surface area (Å²) in [5.41, 5.74) is 0.0184. The van der Waals surface area contributed by atoms with Crippen molar-refractivity contribution in [1.29, 1.82) is 0 Å². The molecule has 0 unspecified atom stereocenters. The number of nitrogens with one attached hydrogen (secondary N) is 1. The number of imide groups is 1. The van der Waals surface area contributed by atoms with Crippen LogP contribution < -0.4 is 19.7 Å². The van der Waals surface area contributed by atoms with Gasteiger partial charge in [0.1, 0.15) is 18.2 Å². The van der Waals surface area contributed by atoms with Crippen LogP contribution in [0.1, 0.15) is 0 Å². The molecular weight excluding hydrogens is 428 g/mol. The van der Waals surface area contributed by atoms with Crippen LogP contribution in [-0.4, -0.2) is 55.6 Å². The lowest BCUT2D eigenvalue weighted by Gasteiger charge is -2.20. The third-order valence-corrected chi connectivity index (χ3v) is 4.99. The zero-order valence-corrected chi connectivity index (χ0v) is 16.9. The van der Waals surface area contributed by atoms with E-state index in [2.05, 4.69) is 15.7 Å². The van der Waals surface area contributed by atoms with E-state index in [1.54, 1.807) is 6.07 Å². The molecule has 2 aliphatic heterocycles. The van der Waals surface area contributed by atoms with Gasteiger partial charge in [0.2, 0.25) is 5.91 Å². The highest BCUT2D eigenvalue weighted by molar-refractivity contribution is 6.25. The molecule has 4 rings (SSSR count). The van der Waals surface area contributed by atoms with Crippen molar-refractivity contribution in [1.82, 2.24) is 5.01 Å². The van der Waals surface area contributed by atoms with E-state index in [9.17, 15) is 23.2 Å². The first-order chi connectivity index (χ1) is 15.3. The van der Waals surface area contributed by atoms with Crippen LogP contribution in [0.3, 0.4) is 0 Å².